The smallest absolute Gasteiger partial charge is 0.430 e. The number of fused-ring (bicyclic) bond motifs is 2. The van der Waals surface area contributed by atoms with Crippen LogP contribution in [-0.2, 0) is 33.9 Å². The van der Waals surface area contributed by atoms with Gasteiger partial charge in [-0.1, -0.05) is 12.1 Å². The Balaban J connectivity index is 1.31. The van der Waals surface area contributed by atoms with Crippen molar-refractivity contribution >= 4 is 43.2 Å². The third-order valence-corrected chi connectivity index (χ3v) is 7.33. The molecular formula is C28H26B2F3N4O6. The van der Waals surface area contributed by atoms with Gasteiger partial charge in [-0.2, -0.15) is 0 Å². The van der Waals surface area contributed by atoms with Crippen LogP contribution in [-0.4, -0.2) is 54.8 Å². The second-order valence-electron chi connectivity index (χ2n) is 10.2. The molecule has 3 amide bonds. The number of rotatable bonds is 10. The number of nitrogens with two attached hydrogens (primary N) is 1. The van der Waals surface area contributed by atoms with Crippen molar-refractivity contribution in [3.63, 3.8) is 0 Å². The number of benzene rings is 3. The lowest BCUT2D eigenvalue weighted by Gasteiger charge is -2.25. The van der Waals surface area contributed by atoms with Gasteiger partial charge in [-0.15, -0.1) is 0 Å². The van der Waals surface area contributed by atoms with Gasteiger partial charge in [0, 0.05) is 35.4 Å². The predicted octanol–water partition coefficient (Wildman–Crippen LogP) is 0.307. The van der Waals surface area contributed by atoms with E-state index in [-0.39, 0.29) is 43.7 Å². The van der Waals surface area contributed by atoms with E-state index in [0.717, 1.165) is 11.0 Å². The second-order valence-corrected chi connectivity index (χ2v) is 10.2. The SMILES string of the molecule is NNC(=O)[C@H](CCCN(Cc1c(F)cc(F)cc1F)C(=O)c1ccc2c(c1)CO[B]2)NC(=O)c1ccc2c(c1)COB2O. The van der Waals surface area contributed by atoms with Crippen LogP contribution in [0, 0.1) is 17.5 Å². The molecule has 2 heterocycles. The Labute approximate surface area is 245 Å². The molecule has 0 spiro atoms. The minimum atomic E-state index is -1.15. The summed E-state index contributed by atoms with van der Waals surface area (Å²) in [6, 6.07) is 9.41. The molecule has 15 heteroatoms. The van der Waals surface area contributed by atoms with Gasteiger partial charge in [0.25, 0.3) is 17.7 Å². The lowest BCUT2D eigenvalue weighted by atomic mass is 9.79. The van der Waals surface area contributed by atoms with E-state index in [2.05, 4.69) is 5.32 Å². The van der Waals surface area contributed by atoms with Gasteiger partial charge in [0.2, 0.25) is 0 Å². The molecule has 0 bridgehead atoms. The van der Waals surface area contributed by atoms with Crippen LogP contribution in [0.4, 0.5) is 13.2 Å². The van der Waals surface area contributed by atoms with E-state index in [1.807, 2.05) is 5.43 Å². The highest BCUT2D eigenvalue weighted by molar-refractivity contribution is 6.61. The van der Waals surface area contributed by atoms with E-state index in [4.69, 9.17) is 15.2 Å². The lowest BCUT2D eigenvalue weighted by molar-refractivity contribution is -0.123. The van der Waals surface area contributed by atoms with Crippen LogP contribution in [0.15, 0.2) is 48.5 Å². The first-order chi connectivity index (χ1) is 20.6. The molecule has 2 aliphatic heterocycles. The van der Waals surface area contributed by atoms with E-state index >= 15 is 0 Å². The highest BCUT2D eigenvalue weighted by Crippen LogP contribution is 2.20. The Hall–Kier alpha value is -4.17. The van der Waals surface area contributed by atoms with E-state index in [1.165, 1.54) is 11.0 Å². The summed E-state index contributed by atoms with van der Waals surface area (Å²) < 4.78 is 53.1. The molecule has 0 unspecified atom stereocenters. The molecule has 1 atom stereocenters. The van der Waals surface area contributed by atoms with E-state index in [1.54, 1.807) is 37.8 Å². The number of carbonyl (C=O) groups excluding carboxylic acids is 3. The molecule has 1 radical (unpaired) electrons. The van der Waals surface area contributed by atoms with Crippen LogP contribution in [0.3, 0.4) is 0 Å². The molecule has 2 aliphatic rings. The van der Waals surface area contributed by atoms with Crippen LogP contribution in [0.1, 0.15) is 50.2 Å². The number of hydrazine groups is 1. The van der Waals surface area contributed by atoms with Gasteiger partial charge in [0.15, 0.2) is 0 Å². The normalized spacial score (nSPS) is 14.0. The molecule has 10 nitrogen and oxygen atoms in total. The van der Waals surface area contributed by atoms with Crippen molar-refractivity contribution in [1.82, 2.24) is 15.6 Å². The van der Waals surface area contributed by atoms with E-state index in [0.29, 0.717) is 23.2 Å². The number of halogens is 3. The molecule has 5 rings (SSSR count). The molecule has 0 aliphatic carbocycles. The third-order valence-electron chi connectivity index (χ3n) is 7.33. The first-order valence-corrected chi connectivity index (χ1v) is 13.4. The number of carbonyl (C=O) groups is 3. The van der Waals surface area contributed by atoms with Gasteiger partial charge in [-0.3, -0.25) is 19.8 Å². The summed E-state index contributed by atoms with van der Waals surface area (Å²) in [6.07, 6.45) is 0.118. The van der Waals surface area contributed by atoms with Gasteiger partial charge in [-0.25, -0.2) is 19.0 Å². The summed E-state index contributed by atoms with van der Waals surface area (Å²) in [5, 5.41) is 12.4. The monoisotopic (exact) mass is 593 g/mol. The Bertz CT molecular complexity index is 1560. The van der Waals surface area contributed by atoms with Crippen molar-refractivity contribution in [3.8, 4) is 0 Å². The maximum atomic E-state index is 14.6. The maximum Gasteiger partial charge on any atom is 0.491 e. The summed E-state index contributed by atoms with van der Waals surface area (Å²) in [5.74, 6) is 0.119. The Kier molecular flexibility index (Phi) is 9.16. The topological polar surface area (TPSA) is 143 Å². The molecule has 221 valence electrons. The van der Waals surface area contributed by atoms with Crippen molar-refractivity contribution in [2.75, 3.05) is 6.54 Å². The maximum absolute atomic E-state index is 14.6. The minimum absolute atomic E-state index is 0.00664. The molecule has 0 saturated carbocycles. The highest BCUT2D eigenvalue weighted by atomic mass is 19.1. The molecule has 0 fully saturated rings. The summed E-state index contributed by atoms with van der Waals surface area (Å²) in [4.78, 5) is 40.2. The second kappa shape index (κ2) is 13.0. The molecule has 43 heavy (non-hydrogen) atoms. The van der Waals surface area contributed by atoms with Crippen LogP contribution >= 0.6 is 0 Å². The summed E-state index contributed by atoms with van der Waals surface area (Å²) in [5.41, 5.74) is 4.72. The summed E-state index contributed by atoms with van der Waals surface area (Å²) in [6.45, 7) is -0.198. The summed E-state index contributed by atoms with van der Waals surface area (Å²) >= 11 is 0. The quantitative estimate of drug-likeness (QED) is 0.115. The Morgan fingerprint density at radius 1 is 1.02 bits per heavy atom. The van der Waals surface area contributed by atoms with Crippen LogP contribution < -0.4 is 27.5 Å². The van der Waals surface area contributed by atoms with E-state index < -0.39 is 60.4 Å². The molecule has 3 aromatic carbocycles. The Morgan fingerprint density at radius 3 is 2.49 bits per heavy atom. The first kappa shape index (κ1) is 30.3. The van der Waals surface area contributed by atoms with Crippen LogP contribution in [0.5, 0.6) is 0 Å². The van der Waals surface area contributed by atoms with Gasteiger partial charge >= 0.3 is 14.6 Å². The fraction of sp³-hybridized carbons (Fsp3) is 0.250. The first-order valence-electron chi connectivity index (χ1n) is 13.4. The Morgan fingerprint density at radius 2 is 1.74 bits per heavy atom. The van der Waals surface area contributed by atoms with Crippen molar-refractivity contribution in [2.45, 2.75) is 38.6 Å². The molecule has 5 N–H and O–H groups in total. The average molecular weight is 593 g/mol. The summed E-state index contributed by atoms with van der Waals surface area (Å²) in [7, 11) is 0.482. The highest BCUT2D eigenvalue weighted by Gasteiger charge is 2.29. The van der Waals surface area contributed by atoms with E-state index in [9.17, 15) is 32.6 Å². The number of amides is 3. The zero-order valence-electron chi connectivity index (χ0n) is 22.7. The number of nitrogens with zero attached hydrogens (tertiary/aromatic N) is 1. The van der Waals surface area contributed by atoms with Crippen molar-refractivity contribution in [2.24, 2.45) is 5.84 Å². The van der Waals surface area contributed by atoms with Gasteiger partial charge in [0.1, 0.15) is 23.5 Å². The third kappa shape index (κ3) is 6.75. The molecule has 3 aromatic rings. The molecular weight excluding hydrogens is 567 g/mol. The number of nitrogens with one attached hydrogen (secondary N) is 2. The zero-order valence-corrected chi connectivity index (χ0v) is 22.7. The number of hydrogen-bond acceptors (Lipinski definition) is 7. The lowest BCUT2D eigenvalue weighted by Crippen LogP contribution is -2.49. The molecule has 0 aromatic heterocycles. The van der Waals surface area contributed by atoms with Crippen molar-refractivity contribution < 1.29 is 41.9 Å². The van der Waals surface area contributed by atoms with Gasteiger partial charge in [-0.05, 0) is 59.2 Å². The minimum Gasteiger partial charge on any atom is -0.430 e. The van der Waals surface area contributed by atoms with Crippen molar-refractivity contribution in [3.05, 3.63) is 93.8 Å². The fourth-order valence-corrected chi connectivity index (χ4v) is 5.02. The van der Waals surface area contributed by atoms with Crippen LogP contribution in [0.25, 0.3) is 0 Å². The number of hydrogen-bond donors (Lipinski definition) is 4. The largest absolute Gasteiger partial charge is 0.491 e. The zero-order chi connectivity index (χ0) is 30.7. The predicted molar refractivity (Wildman–Crippen MR) is 149 cm³/mol. The van der Waals surface area contributed by atoms with Crippen molar-refractivity contribution in [1.29, 1.82) is 0 Å². The van der Waals surface area contributed by atoms with Gasteiger partial charge < -0.3 is 24.5 Å². The van der Waals surface area contributed by atoms with Crippen LogP contribution in [0.2, 0.25) is 0 Å². The fourth-order valence-electron chi connectivity index (χ4n) is 5.02. The standard InChI is InChI=1S/C28H26B2F3N4O6/c31-19-10-23(32)20(24(33)11-19)12-37(28(40)16-3-5-21-17(9-16)13-42-29-21)7-1-2-25(27(39)36-34)35-26(38)15-4-6-22-18(8-15)14-43-30(22)41/h3-6,8-11,25,41H,1-2,7,12-14,34H2,(H,35,38)(H,36,39)/t25-/m0/s1. The molecule has 0 saturated heterocycles. The average Bonchev–Trinajstić information content (AvgIpc) is 3.62. The van der Waals surface area contributed by atoms with Gasteiger partial charge in [0.05, 0.1) is 19.8 Å².